The molecule has 3 aromatic carbocycles. The van der Waals surface area contributed by atoms with Crippen LogP contribution in [0.1, 0.15) is 29.2 Å². The van der Waals surface area contributed by atoms with Gasteiger partial charge < -0.3 is 4.74 Å². The number of carbonyl (C=O) groups is 1. The van der Waals surface area contributed by atoms with E-state index in [1.807, 2.05) is 18.2 Å². The summed E-state index contributed by atoms with van der Waals surface area (Å²) in [6.07, 6.45) is -2.57. The summed E-state index contributed by atoms with van der Waals surface area (Å²) >= 11 is 5.44. The highest BCUT2D eigenvalue weighted by atomic mass is 32.1. The summed E-state index contributed by atoms with van der Waals surface area (Å²) in [6.45, 7) is 5.42. The molecule has 4 rings (SSSR count). The Morgan fingerprint density at radius 1 is 1.05 bits per heavy atom. The average molecular weight is 567 g/mol. The summed E-state index contributed by atoms with van der Waals surface area (Å²) in [4.78, 5) is 16.7. The standard InChI is InChI=1S/C28H25F3N6O2S/c1-17-5-4-6-18(2)24(17)15-25(40)35-32-16-20-7-9-21(10-8-20)26-34-27(33-19(3)38)37(36-26)22-11-13-23(14-12-22)39-28(29,30)31/h4-14,16H,15H2,1-3H3,(H,35,40)(H,33,34,36,38). The van der Waals surface area contributed by atoms with E-state index in [2.05, 4.69) is 56.6 Å². The minimum atomic E-state index is -4.80. The van der Waals surface area contributed by atoms with Crippen LogP contribution in [0.5, 0.6) is 5.75 Å². The van der Waals surface area contributed by atoms with E-state index in [4.69, 9.17) is 12.2 Å². The number of nitrogens with one attached hydrogen (secondary N) is 2. The fourth-order valence-electron chi connectivity index (χ4n) is 3.87. The van der Waals surface area contributed by atoms with Gasteiger partial charge in [-0.15, -0.1) is 18.3 Å². The minimum absolute atomic E-state index is 0.110. The summed E-state index contributed by atoms with van der Waals surface area (Å²) in [5, 5.41) is 11.3. The van der Waals surface area contributed by atoms with Crippen LogP contribution in [0, 0.1) is 13.8 Å². The smallest absolute Gasteiger partial charge is 0.406 e. The van der Waals surface area contributed by atoms with Crippen LogP contribution in [0.2, 0.25) is 0 Å². The van der Waals surface area contributed by atoms with E-state index < -0.39 is 6.36 Å². The molecule has 1 heterocycles. The lowest BCUT2D eigenvalue weighted by atomic mass is 10.0. The summed E-state index contributed by atoms with van der Waals surface area (Å²) < 4.78 is 42.7. The highest BCUT2D eigenvalue weighted by molar-refractivity contribution is 7.80. The molecular weight excluding hydrogens is 541 g/mol. The van der Waals surface area contributed by atoms with Gasteiger partial charge in [-0.3, -0.25) is 15.5 Å². The molecule has 0 saturated heterocycles. The number of benzene rings is 3. The molecule has 12 heteroatoms. The molecule has 1 amide bonds. The lowest BCUT2D eigenvalue weighted by Crippen LogP contribution is -2.18. The number of aromatic nitrogens is 3. The van der Waals surface area contributed by atoms with Crippen LogP contribution in [0.25, 0.3) is 17.1 Å². The number of carbonyl (C=O) groups excluding carboxylic acids is 1. The van der Waals surface area contributed by atoms with Gasteiger partial charge in [0, 0.05) is 18.9 Å². The highest BCUT2D eigenvalue weighted by Crippen LogP contribution is 2.26. The number of rotatable bonds is 8. The molecule has 0 aliphatic carbocycles. The monoisotopic (exact) mass is 566 g/mol. The predicted molar refractivity (Wildman–Crippen MR) is 151 cm³/mol. The van der Waals surface area contributed by atoms with Crippen molar-refractivity contribution in [3.05, 3.63) is 89.0 Å². The molecule has 0 atom stereocenters. The van der Waals surface area contributed by atoms with Crippen molar-refractivity contribution in [2.75, 3.05) is 5.32 Å². The van der Waals surface area contributed by atoms with Gasteiger partial charge in [0.2, 0.25) is 11.9 Å². The van der Waals surface area contributed by atoms with Crippen molar-refractivity contribution in [2.45, 2.75) is 33.6 Å². The van der Waals surface area contributed by atoms with Gasteiger partial charge in [0.1, 0.15) is 10.7 Å². The van der Waals surface area contributed by atoms with Crippen molar-refractivity contribution in [3.8, 4) is 22.8 Å². The first kappa shape index (κ1) is 28.4. The molecule has 0 bridgehead atoms. The Hall–Kier alpha value is -4.58. The summed E-state index contributed by atoms with van der Waals surface area (Å²) in [6, 6.07) is 18.4. The Morgan fingerprint density at radius 2 is 1.70 bits per heavy atom. The number of anilines is 1. The van der Waals surface area contributed by atoms with Crippen molar-refractivity contribution in [2.24, 2.45) is 5.10 Å². The molecule has 2 N–H and O–H groups in total. The van der Waals surface area contributed by atoms with Crippen molar-refractivity contribution < 1.29 is 22.7 Å². The maximum atomic E-state index is 12.5. The van der Waals surface area contributed by atoms with E-state index in [-0.39, 0.29) is 17.6 Å². The first-order chi connectivity index (χ1) is 19.0. The van der Waals surface area contributed by atoms with Gasteiger partial charge in [-0.05, 0) is 60.4 Å². The number of hydrogen-bond donors (Lipinski definition) is 2. The number of alkyl halides is 3. The van der Waals surface area contributed by atoms with Gasteiger partial charge in [-0.2, -0.15) is 14.8 Å². The molecule has 0 aliphatic heterocycles. The summed E-state index contributed by atoms with van der Waals surface area (Å²) in [7, 11) is 0. The van der Waals surface area contributed by atoms with E-state index >= 15 is 0 Å². The molecular formula is C28H25F3N6O2S. The molecule has 0 spiro atoms. The quantitative estimate of drug-likeness (QED) is 0.157. The molecule has 0 saturated carbocycles. The molecule has 40 heavy (non-hydrogen) atoms. The van der Waals surface area contributed by atoms with Crippen LogP contribution in [0.3, 0.4) is 0 Å². The molecule has 0 aliphatic rings. The first-order valence-corrected chi connectivity index (χ1v) is 12.5. The maximum absolute atomic E-state index is 12.5. The van der Waals surface area contributed by atoms with Crippen molar-refractivity contribution in [1.82, 2.24) is 20.2 Å². The fraction of sp³-hybridized carbons (Fsp3) is 0.179. The van der Waals surface area contributed by atoms with Gasteiger partial charge >= 0.3 is 6.36 Å². The molecule has 4 aromatic rings. The predicted octanol–water partition coefficient (Wildman–Crippen LogP) is 5.90. The summed E-state index contributed by atoms with van der Waals surface area (Å²) in [5.41, 5.74) is 8.26. The van der Waals surface area contributed by atoms with E-state index in [1.54, 1.807) is 18.3 Å². The number of thiocarbonyl (C=S) groups is 1. The van der Waals surface area contributed by atoms with E-state index in [1.165, 1.54) is 40.4 Å². The first-order valence-electron chi connectivity index (χ1n) is 12.1. The van der Waals surface area contributed by atoms with Gasteiger partial charge in [0.25, 0.3) is 0 Å². The lowest BCUT2D eigenvalue weighted by Gasteiger charge is -2.10. The SMILES string of the molecule is CC(=O)Nc1nc(-c2ccc(C=NNC(=S)Cc3c(C)cccc3C)cc2)nn1-c1ccc(OC(F)(F)F)cc1. The zero-order valence-corrected chi connectivity index (χ0v) is 22.6. The topological polar surface area (TPSA) is 93.4 Å². The van der Waals surface area contributed by atoms with Crippen LogP contribution in [0.4, 0.5) is 19.1 Å². The third-order valence-corrected chi connectivity index (χ3v) is 6.00. The van der Waals surface area contributed by atoms with Gasteiger partial charge in [0.15, 0.2) is 5.82 Å². The van der Waals surface area contributed by atoms with Crippen LogP contribution in [0.15, 0.2) is 71.8 Å². The molecule has 0 unspecified atom stereocenters. The summed E-state index contributed by atoms with van der Waals surface area (Å²) in [5.74, 6) is -0.350. The largest absolute Gasteiger partial charge is 0.573 e. The second kappa shape index (κ2) is 12.1. The van der Waals surface area contributed by atoms with E-state index in [0.717, 1.165) is 17.7 Å². The normalized spacial score (nSPS) is 11.4. The number of hydrogen-bond acceptors (Lipinski definition) is 6. The van der Waals surface area contributed by atoms with E-state index in [9.17, 15) is 18.0 Å². The molecule has 0 fully saturated rings. The Labute approximate surface area is 233 Å². The number of hydrazone groups is 1. The Morgan fingerprint density at radius 3 is 2.30 bits per heavy atom. The zero-order valence-electron chi connectivity index (χ0n) is 21.8. The average Bonchev–Trinajstić information content (AvgIpc) is 3.29. The number of nitrogens with zero attached hydrogens (tertiary/aromatic N) is 4. The van der Waals surface area contributed by atoms with E-state index in [0.29, 0.717) is 28.5 Å². The molecule has 206 valence electrons. The molecule has 1 aromatic heterocycles. The van der Waals surface area contributed by atoms with Gasteiger partial charge in [-0.25, -0.2) is 0 Å². The van der Waals surface area contributed by atoms with Crippen LogP contribution in [-0.2, 0) is 11.2 Å². The van der Waals surface area contributed by atoms with Crippen molar-refractivity contribution in [1.29, 1.82) is 0 Å². The van der Waals surface area contributed by atoms with Crippen LogP contribution >= 0.6 is 12.2 Å². The van der Waals surface area contributed by atoms with Gasteiger partial charge in [0.05, 0.1) is 11.9 Å². The Balaban J connectivity index is 1.47. The second-order valence-electron chi connectivity index (χ2n) is 8.86. The minimum Gasteiger partial charge on any atom is -0.406 e. The number of amides is 1. The second-order valence-corrected chi connectivity index (χ2v) is 9.35. The van der Waals surface area contributed by atoms with Crippen molar-refractivity contribution >= 4 is 35.3 Å². The highest BCUT2D eigenvalue weighted by Gasteiger charge is 2.31. The third kappa shape index (κ3) is 7.50. The lowest BCUT2D eigenvalue weighted by molar-refractivity contribution is -0.274. The number of ether oxygens (including phenoxy) is 1. The van der Waals surface area contributed by atoms with Crippen LogP contribution in [-0.4, -0.2) is 38.2 Å². The fourth-order valence-corrected chi connectivity index (χ4v) is 4.06. The van der Waals surface area contributed by atoms with Crippen LogP contribution < -0.4 is 15.5 Å². The molecule has 0 radical (unpaired) electrons. The Bertz CT molecular complexity index is 1530. The van der Waals surface area contributed by atoms with Gasteiger partial charge in [-0.1, -0.05) is 54.7 Å². The zero-order chi connectivity index (χ0) is 28.9. The number of aryl methyl sites for hydroxylation is 2. The number of halogens is 3. The maximum Gasteiger partial charge on any atom is 0.573 e. The third-order valence-electron chi connectivity index (χ3n) is 5.76. The van der Waals surface area contributed by atoms with Crippen molar-refractivity contribution in [3.63, 3.8) is 0 Å². The molecule has 8 nitrogen and oxygen atoms in total. The Kier molecular flexibility index (Phi) is 8.58.